The average molecular weight is 239 g/mol. The van der Waals surface area contributed by atoms with Crippen LogP contribution in [0, 0.1) is 12.7 Å². The summed E-state index contributed by atoms with van der Waals surface area (Å²) < 4.78 is 14.3. The molecule has 0 unspecified atom stereocenters. The van der Waals surface area contributed by atoms with Gasteiger partial charge in [-0.2, -0.15) is 0 Å². The monoisotopic (exact) mass is 238 g/mol. The van der Waals surface area contributed by atoms with Crippen LogP contribution < -0.4 is 0 Å². The molecule has 13 heavy (non-hydrogen) atoms. The lowest BCUT2D eigenvalue weighted by atomic mass is 10.1. The molecular weight excluding hydrogens is 231 g/mol. The molecule has 0 aliphatic rings. The molecule has 2 aromatic carbocycles. The van der Waals surface area contributed by atoms with Crippen molar-refractivity contribution >= 4 is 26.7 Å². The summed E-state index contributed by atoms with van der Waals surface area (Å²) in [7, 11) is 0. The minimum Gasteiger partial charge on any atom is -0.206 e. The molecule has 0 spiro atoms. The SMILES string of the molecule is Cc1cccc2cc(Br)cc(F)c12. The lowest BCUT2D eigenvalue weighted by molar-refractivity contribution is 0.638. The van der Waals surface area contributed by atoms with Crippen LogP contribution in [0.5, 0.6) is 0 Å². The lowest BCUT2D eigenvalue weighted by Gasteiger charge is -2.03. The number of rotatable bonds is 0. The number of fused-ring (bicyclic) bond motifs is 1. The van der Waals surface area contributed by atoms with Gasteiger partial charge in [0.05, 0.1) is 0 Å². The molecule has 0 heterocycles. The maximum Gasteiger partial charge on any atom is 0.132 e. The highest BCUT2D eigenvalue weighted by Crippen LogP contribution is 2.25. The molecule has 2 rings (SSSR count). The Morgan fingerprint density at radius 2 is 2.00 bits per heavy atom. The molecule has 0 saturated heterocycles. The first-order valence-corrected chi connectivity index (χ1v) is 4.82. The van der Waals surface area contributed by atoms with E-state index in [0.29, 0.717) is 5.39 Å². The second-order valence-corrected chi connectivity index (χ2v) is 3.98. The summed E-state index contributed by atoms with van der Waals surface area (Å²) in [4.78, 5) is 0. The fraction of sp³-hybridized carbons (Fsp3) is 0.0909. The Labute approximate surface area is 84.5 Å². The Hall–Kier alpha value is -0.890. The van der Waals surface area contributed by atoms with Gasteiger partial charge in [0.1, 0.15) is 5.82 Å². The van der Waals surface area contributed by atoms with Gasteiger partial charge >= 0.3 is 0 Å². The first-order chi connectivity index (χ1) is 6.18. The van der Waals surface area contributed by atoms with Crippen molar-refractivity contribution in [2.75, 3.05) is 0 Å². The lowest BCUT2D eigenvalue weighted by Crippen LogP contribution is -1.83. The van der Waals surface area contributed by atoms with Gasteiger partial charge in [0.25, 0.3) is 0 Å². The van der Waals surface area contributed by atoms with E-state index in [1.54, 1.807) is 0 Å². The van der Waals surface area contributed by atoms with E-state index < -0.39 is 0 Å². The van der Waals surface area contributed by atoms with E-state index in [1.165, 1.54) is 6.07 Å². The first-order valence-electron chi connectivity index (χ1n) is 4.03. The molecule has 0 amide bonds. The molecule has 0 N–H and O–H groups in total. The Morgan fingerprint density at radius 1 is 1.23 bits per heavy atom. The molecule has 2 aromatic rings. The molecule has 0 aromatic heterocycles. The molecule has 0 nitrogen and oxygen atoms in total. The number of halogens is 2. The van der Waals surface area contributed by atoms with Crippen molar-refractivity contribution in [3.63, 3.8) is 0 Å². The van der Waals surface area contributed by atoms with Crippen molar-refractivity contribution in [3.05, 3.63) is 46.2 Å². The zero-order valence-corrected chi connectivity index (χ0v) is 8.73. The molecule has 0 fully saturated rings. The maximum absolute atomic E-state index is 13.5. The van der Waals surface area contributed by atoms with Gasteiger partial charge in [-0.25, -0.2) is 4.39 Å². The summed E-state index contributed by atoms with van der Waals surface area (Å²) in [6.07, 6.45) is 0. The highest BCUT2D eigenvalue weighted by Gasteiger charge is 2.04. The van der Waals surface area contributed by atoms with Crippen molar-refractivity contribution in [3.8, 4) is 0 Å². The van der Waals surface area contributed by atoms with Crippen molar-refractivity contribution < 1.29 is 4.39 Å². The molecule has 66 valence electrons. The van der Waals surface area contributed by atoms with Crippen LogP contribution in [-0.2, 0) is 0 Å². The smallest absolute Gasteiger partial charge is 0.132 e. The van der Waals surface area contributed by atoms with Gasteiger partial charge in [0, 0.05) is 9.86 Å². The van der Waals surface area contributed by atoms with E-state index in [1.807, 2.05) is 31.2 Å². The van der Waals surface area contributed by atoms with Crippen LogP contribution in [0.1, 0.15) is 5.56 Å². The fourth-order valence-electron chi connectivity index (χ4n) is 1.52. The van der Waals surface area contributed by atoms with Crippen LogP contribution >= 0.6 is 15.9 Å². The Morgan fingerprint density at radius 3 is 2.77 bits per heavy atom. The summed E-state index contributed by atoms with van der Waals surface area (Å²) in [5.41, 5.74) is 0.975. The number of hydrogen-bond acceptors (Lipinski definition) is 0. The Bertz CT molecular complexity index is 463. The van der Waals surface area contributed by atoms with Crippen LogP contribution in [0.25, 0.3) is 10.8 Å². The van der Waals surface area contributed by atoms with Crippen LogP contribution in [0.15, 0.2) is 34.8 Å². The molecule has 0 aliphatic carbocycles. The zero-order valence-electron chi connectivity index (χ0n) is 7.14. The second-order valence-electron chi connectivity index (χ2n) is 3.06. The van der Waals surface area contributed by atoms with Crippen LogP contribution in [-0.4, -0.2) is 0 Å². The van der Waals surface area contributed by atoms with E-state index >= 15 is 0 Å². The van der Waals surface area contributed by atoms with Crippen molar-refractivity contribution in [2.24, 2.45) is 0 Å². The van der Waals surface area contributed by atoms with Crippen molar-refractivity contribution in [1.82, 2.24) is 0 Å². The Balaban J connectivity index is 2.94. The number of benzene rings is 2. The highest BCUT2D eigenvalue weighted by molar-refractivity contribution is 9.10. The van der Waals surface area contributed by atoms with Gasteiger partial charge < -0.3 is 0 Å². The fourth-order valence-corrected chi connectivity index (χ4v) is 1.97. The van der Waals surface area contributed by atoms with Gasteiger partial charge in [-0.15, -0.1) is 0 Å². The summed E-state index contributed by atoms with van der Waals surface area (Å²) >= 11 is 3.27. The van der Waals surface area contributed by atoms with Crippen molar-refractivity contribution in [1.29, 1.82) is 0 Å². The van der Waals surface area contributed by atoms with Gasteiger partial charge in [-0.05, 0) is 30.0 Å². The topological polar surface area (TPSA) is 0 Å². The third-order valence-corrected chi connectivity index (χ3v) is 2.56. The molecule has 0 aliphatic heterocycles. The quantitative estimate of drug-likeness (QED) is 0.650. The van der Waals surface area contributed by atoms with Crippen LogP contribution in [0.3, 0.4) is 0 Å². The molecule has 0 atom stereocenters. The minimum absolute atomic E-state index is 0.164. The van der Waals surface area contributed by atoms with Gasteiger partial charge in [0.15, 0.2) is 0 Å². The summed E-state index contributed by atoms with van der Waals surface area (Å²) in [5, 5.41) is 1.65. The van der Waals surface area contributed by atoms with Gasteiger partial charge in [0.2, 0.25) is 0 Å². The number of aryl methyl sites for hydroxylation is 1. The van der Waals surface area contributed by atoms with Crippen molar-refractivity contribution in [2.45, 2.75) is 6.92 Å². The normalized spacial score (nSPS) is 10.7. The molecule has 0 saturated carbocycles. The van der Waals surface area contributed by atoms with E-state index in [9.17, 15) is 4.39 Å². The van der Waals surface area contributed by atoms with Gasteiger partial charge in [-0.3, -0.25) is 0 Å². The minimum atomic E-state index is -0.164. The van der Waals surface area contributed by atoms with Gasteiger partial charge in [-0.1, -0.05) is 34.1 Å². The van der Waals surface area contributed by atoms with Crippen LogP contribution in [0.4, 0.5) is 4.39 Å². The van der Waals surface area contributed by atoms with E-state index in [4.69, 9.17) is 0 Å². The maximum atomic E-state index is 13.5. The number of hydrogen-bond donors (Lipinski definition) is 0. The van der Waals surface area contributed by atoms with Crippen LogP contribution in [0.2, 0.25) is 0 Å². The van der Waals surface area contributed by atoms with E-state index in [2.05, 4.69) is 15.9 Å². The largest absolute Gasteiger partial charge is 0.206 e. The summed E-state index contributed by atoms with van der Waals surface area (Å²) in [6, 6.07) is 9.18. The molecule has 0 radical (unpaired) electrons. The predicted octanol–water partition coefficient (Wildman–Crippen LogP) is 4.05. The summed E-state index contributed by atoms with van der Waals surface area (Å²) in [6.45, 7) is 1.92. The average Bonchev–Trinajstić information content (AvgIpc) is 2.02. The molecular formula is C11H8BrF. The second kappa shape index (κ2) is 3.11. The van der Waals surface area contributed by atoms with E-state index in [0.717, 1.165) is 15.4 Å². The predicted molar refractivity (Wildman–Crippen MR) is 56.3 cm³/mol. The first kappa shape index (κ1) is 8.70. The Kier molecular flexibility index (Phi) is 2.08. The highest BCUT2D eigenvalue weighted by atomic mass is 79.9. The zero-order chi connectivity index (χ0) is 9.42. The molecule has 2 heteroatoms. The standard InChI is InChI=1S/C11H8BrF/c1-7-3-2-4-8-5-9(12)6-10(13)11(7)8/h2-6H,1H3. The third-order valence-electron chi connectivity index (χ3n) is 2.10. The van der Waals surface area contributed by atoms with E-state index in [-0.39, 0.29) is 5.82 Å². The summed E-state index contributed by atoms with van der Waals surface area (Å²) in [5.74, 6) is -0.164. The third kappa shape index (κ3) is 1.46. The molecule has 0 bridgehead atoms.